The van der Waals surface area contributed by atoms with E-state index in [1.165, 1.54) is 12.1 Å². The number of amides is 1. The average molecular weight is 313 g/mol. The molecule has 2 aromatic heterocycles. The standard InChI is InChI=1S/C14H14F3N3O2/c1-4-5-20(7-14(15,16)17)13(21)10-6-8(2)18-12-11(10)9(3)19-22-12/h4,6H,1,5,7H2,2-3H3. The summed E-state index contributed by atoms with van der Waals surface area (Å²) in [5.41, 5.74) is 1.08. The highest BCUT2D eigenvalue weighted by atomic mass is 19.4. The van der Waals surface area contributed by atoms with Crippen LogP contribution in [0.15, 0.2) is 23.2 Å². The topological polar surface area (TPSA) is 59.2 Å². The Morgan fingerprint density at radius 2 is 2.14 bits per heavy atom. The van der Waals surface area contributed by atoms with Gasteiger partial charge in [0.15, 0.2) is 0 Å². The number of hydrogen-bond donors (Lipinski definition) is 0. The fraction of sp³-hybridized carbons (Fsp3) is 0.357. The van der Waals surface area contributed by atoms with E-state index in [2.05, 4.69) is 16.7 Å². The van der Waals surface area contributed by atoms with E-state index in [1.54, 1.807) is 13.8 Å². The molecule has 0 aliphatic heterocycles. The van der Waals surface area contributed by atoms with Gasteiger partial charge in [0, 0.05) is 12.2 Å². The molecule has 0 saturated heterocycles. The first-order valence-electron chi connectivity index (χ1n) is 6.43. The first-order chi connectivity index (χ1) is 10.2. The van der Waals surface area contributed by atoms with E-state index in [9.17, 15) is 18.0 Å². The Kier molecular flexibility index (Phi) is 4.20. The number of aryl methyl sites for hydroxylation is 2. The van der Waals surface area contributed by atoms with E-state index < -0.39 is 18.6 Å². The summed E-state index contributed by atoms with van der Waals surface area (Å²) < 4.78 is 42.9. The first kappa shape index (κ1) is 16.0. The second-order valence-corrected chi connectivity index (χ2v) is 4.85. The molecule has 118 valence electrons. The van der Waals surface area contributed by atoms with Crippen molar-refractivity contribution in [3.63, 3.8) is 0 Å². The van der Waals surface area contributed by atoms with Gasteiger partial charge in [0.2, 0.25) is 0 Å². The van der Waals surface area contributed by atoms with Gasteiger partial charge in [-0.3, -0.25) is 4.79 Å². The van der Waals surface area contributed by atoms with Crippen molar-refractivity contribution in [3.8, 4) is 0 Å². The predicted molar refractivity (Wildman–Crippen MR) is 73.4 cm³/mol. The van der Waals surface area contributed by atoms with Gasteiger partial charge in [-0.05, 0) is 19.9 Å². The van der Waals surface area contributed by atoms with Crippen molar-refractivity contribution < 1.29 is 22.5 Å². The molecule has 0 aromatic carbocycles. The number of hydrogen-bond acceptors (Lipinski definition) is 4. The van der Waals surface area contributed by atoms with E-state index in [0.29, 0.717) is 21.7 Å². The monoisotopic (exact) mass is 313 g/mol. The van der Waals surface area contributed by atoms with Crippen molar-refractivity contribution in [3.05, 3.63) is 35.7 Å². The number of aromatic nitrogens is 2. The molecule has 0 aliphatic rings. The van der Waals surface area contributed by atoms with Crippen LogP contribution in [0.2, 0.25) is 0 Å². The van der Waals surface area contributed by atoms with Gasteiger partial charge in [0.25, 0.3) is 11.6 Å². The molecule has 1 amide bonds. The maximum atomic E-state index is 12.6. The Hall–Kier alpha value is -2.38. The number of alkyl halides is 3. The van der Waals surface area contributed by atoms with E-state index >= 15 is 0 Å². The average Bonchev–Trinajstić information content (AvgIpc) is 2.76. The molecule has 0 N–H and O–H groups in total. The zero-order valence-electron chi connectivity index (χ0n) is 12.1. The van der Waals surface area contributed by atoms with Crippen LogP contribution in [0, 0.1) is 13.8 Å². The van der Waals surface area contributed by atoms with Crippen LogP contribution in [0.25, 0.3) is 11.1 Å². The normalized spacial score (nSPS) is 11.7. The fourth-order valence-electron chi connectivity index (χ4n) is 2.15. The highest BCUT2D eigenvalue weighted by Gasteiger charge is 2.33. The summed E-state index contributed by atoms with van der Waals surface area (Å²) >= 11 is 0. The number of halogens is 3. The maximum absolute atomic E-state index is 12.6. The number of carbonyl (C=O) groups is 1. The van der Waals surface area contributed by atoms with Crippen LogP contribution in [0.5, 0.6) is 0 Å². The summed E-state index contributed by atoms with van der Waals surface area (Å²) in [6, 6.07) is 1.43. The summed E-state index contributed by atoms with van der Waals surface area (Å²) in [6.45, 7) is 5.04. The fourth-order valence-corrected chi connectivity index (χ4v) is 2.15. The quantitative estimate of drug-likeness (QED) is 0.814. The van der Waals surface area contributed by atoms with Gasteiger partial charge in [-0.2, -0.15) is 13.2 Å². The molecule has 2 aromatic rings. The van der Waals surface area contributed by atoms with Crippen LogP contribution < -0.4 is 0 Å². The van der Waals surface area contributed by atoms with Crippen molar-refractivity contribution in [2.75, 3.05) is 13.1 Å². The third kappa shape index (κ3) is 3.26. The smallest absolute Gasteiger partial charge is 0.336 e. The van der Waals surface area contributed by atoms with E-state index in [1.807, 2.05) is 0 Å². The Morgan fingerprint density at radius 1 is 1.45 bits per heavy atom. The molecular weight excluding hydrogens is 299 g/mol. The van der Waals surface area contributed by atoms with Crippen LogP contribution in [0.4, 0.5) is 13.2 Å². The molecule has 0 fully saturated rings. The van der Waals surface area contributed by atoms with Gasteiger partial charge in [0.1, 0.15) is 6.54 Å². The number of rotatable bonds is 4. The molecule has 0 spiro atoms. The molecular formula is C14H14F3N3O2. The summed E-state index contributed by atoms with van der Waals surface area (Å²) in [5.74, 6) is -0.765. The Morgan fingerprint density at radius 3 is 2.73 bits per heavy atom. The summed E-state index contributed by atoms with van der Waals surface area (Å²) in [4.78, 5) is 17.3. The highest BCUT2D eigenvalue weighted by molar-refractivity contribution is 6.06. The molecule has 0 saturated carbocycles. The summed E-state index contributed by atoms with van der Waals surface area (Å²) in [6.07, 6.45) is -3.25. The molecule has 0 unspecified atom stereocenters. The van der Waals surface area contributed by atoms with Gasteiger partial charge in [-0.15, -0.1) is 6.58 Å². The number of carbonyl (C=O) groups excluding carboxylic acids is 1. The third-order valence-corrected chi connectivity index (χ3v) is 2.98. The van der Waals surface area contributed by atoms with Crippen molar-refractivity contribution >= 4 is 17.0 Å². The molecule has 0 atom stereocenters. The molecule has 22 heavy (non-hydrogen) atoms. The Bertz CT molecular complexity index is 722. The van der Waals surface area contributed by atoms with Crippen molar-refractivity contribution in [1.29, 1.82) is 0 Å². The Balaban J connectivity index is 2.50. The predicted octanol–water partition coefficient (Wildman–Crippen LogP) is 3.03. The minimum Gasteiger partial charge on any atom is -0.336 e. The van der Waals surface area contributed by atoms with Crippen LogP contribution >= 0.6 is 0 Å². The molecule has 0 bridgehead atoms. The zero-order chi connectivity index (χ0) is 16.5. The van der Waals surface area contributed by atoms with Gasteiger partial charge in [-0.25, -0.2) is 4.98 Å². The van der Waals surface area contributed by atoms with Crippen LogP contribution in [-0.4, -0.2) is 40.2 Å². The van der Waals surface area contributed by atoms with Crippen LogP contribution in [0.3, 0.4) is 0 Å². The Labute approximate surface area is 124 Å². The first-order valence-corrected chi connectivity index (χ1v) is 6.43. The number of pyridine rings is 1. The van der Waals surface area contributed by atoms with E-state index in [0.717, 1.165) is 0 Å². The minimum atomic E-state index is -4.50. The van der Waals surface area contributed by atoms with Gasteiger partial charge in [0.05, 0.1) is 16.6 Å². The molecule has 8 heteroatoms. The largest absolute Gasteiger partial charge is 0.406 e. The van der Waals surface area contributed by atoms with E-state index in [-0.39, 0.29) is 17.8 Å². The number of fused-ring (bicyclic) bond motifs is 1. The number of nitrogens with zero attached hydrogens (tertiary/aromatic N) is 3. The molecule has 0 radical (unpaired) electrons. The lowest BCUT2D eigenvalue weighted by Gasteiger charge is -2.23. The molecule has 2 rings (SSSR count). The lowest BCUT2D eigenvalue weighted by molar-refractivity contribution is -0.139. The van der Waals surface area contributed by atoms with Gasteiger partial charge < -0.3 is 9.42 Å². The minimum absolute atomic E-state index is 0.0901. The zero-order valence-corrected chi connectivity index (χ0v) is 12.1. The van der Waals surface area contributed by atoms with Gasteiger partial charge >= 0.3 is 6.18 Å². The second-order valence-electron chi connectivity index (χ2n) is 4.85. The molecule has 5 nitrogen and oxygen atoms in total. The molecule has 2 heterocycles. The van der Waals surface area contributed by atoms with Crippen molar-refractivity contribution in [1.82, 2.24) is 15.0 Å². The SMILES string of the molecule is C=CCN(CC(F)(F)F)C(=O)c1cc(C)nc2onc(C)c12. The summed E-state index contributed by atoms with van der Waals surface area (Å²) in [5, 5.41) is 4.03. The van der Waals surface area contributed by atoms with Crippen molar-refractivity contribution in [2.24, 2.45) is 0 Å². The van der Waals surface area contributed by atoms with Crippen molar-refractivity contribution in [2.45, 2.75) is 20.0 Å². The highest BCUT2D eigenvalue weighted by Crippen LogP contribution is 2.25. The van der Waals surface area contributed by atoms with Crippen LogP contribution in [0.1, 0.15) is 21.7 Å². The third-order valence-electron chi connectivity index (χ3n) is 2.98. The second kappa shape index (κ2) is 5.78. The van der Waals surface area contributed by atoms with E-state index in [4.69, 9.17) is 4.52 Å². The summed E-state index contributed by atoms with van der Waals surface area (Å²) in [7, 11) is 0. The maximum Gasteiger partial charge on any atom is 0.406 e. The lowest BCUT2D eigenvalue weighted by atomic mass is 10.1. The van der Waals surface area contributed by atoms with Crippen LogP contribution in [-0.2, 0) is 0 Å². The molecule has 0 aliphatic carbocycles. The lowest BCUT2D eigenvalue weighted by Crippen LogP contribution is -2.39. The van der Waals surface area contributed by atoms with Gasteiger partial charge in [-0.1, -0.05) is 11.2 Å².